The van der Waals surface area contributed by atoms with Crippen molar-refractivity contribution in [2.45, 2.75) is 0 Å². The quantitative estimate of drug-likeness (QED) is 0.567. The van der Waals surface area contributed by atoms with Crippen molar-refractivity contribution in [3.8, 4) is 33.8 Å². The van der Waals surface area contributed by atoms with Crippen LogP contribution in [-0.4, -0.2) is 19.9 Å². The minimum atomic E-state index is 0.676. The predicted octanol–water partition coefficient (Wildman–Crippen LogP) is 4.27. The predicted molar refractivity (Wildman–Crippen MR) is 93.9 cm³/mol. The number of hydrogen-bond acceptors (Lipinski definition) is 4. The highest BCUT2D eigenvalue weighted by molar-refractivity contribution is 5.82. The van der Waals surface area contributed by atoms with Crippen LogP contribution in [0.4, 0.5) is 0 Å². The summed E-state index contributed by atoms with van der Waals surface area (Å²) in [6.45, 7) is 0. The lowest BCUT2D eigenvalue weighted by Gasteiger charge is -2.10. The third kappa shape index (κ3) is 2.77. The molecular formula is C20H14N4. The standard InChI is InChI=1S/C20H14N4/c1-2-6-18(19-7-3-4-12-22-19)17(5-1)15-8-10-16(11-9-15)20-23-13-21-14-24-20/h1-14H. The highest BCUT2D eigenvalue weighted by atomic mass is 15.0. The van der Waals surface area contributed by atoms with Crippen molar-refractivity contribution in [2.75, 3.05) is 0 Å². The molecule has 0 saturated carbocycles. The molecule has 0 saturated heterocycles. The second-order valence-electron chi connectivity index (χ2n) is 5.30. The third-order valence-corrected chi connectivity index (χ3v) is 3.82. The van der Waals surface area contributed by atoms with E-state index in [2.05, 4.69) is 44.2 Å². The third-order valence-electron chi connectivity index (χ3n) is 3.82. The van der Waals surface area contributed by atoms with Gasteiger partial charge in [-0.25, -0.2) is 15.0 Å². The van der Waals surface area contributed by atoms with E-state index < -0.39 is 0 Å². The molecule has 114 valence electrons. The molecule has 4 rings (SSSR count). The zero-order valence-electron chi connectivity index (χ0n) is 12.9. The van der Waals surface area contributed by atoms with E-state index in [0.717, 1.165) is 27.9 Å². The van der Waals surface area contributed by atoms with Gasteiger partial charge in [-0.1, -0.05) is 54.6 Å². The maximum atomic E-state index is 4.47. The van der Waals surface area contributed by atoms with Gasteiger partial charge in [-0.15, -0.1) is 0 Å². The van der Waals surface area contributed by atoms with E-state index in [1.807, 2.05) is 48.7 Å². The van der Waals surface area contributed by atoms with Gasteiger partial charge in [0.15, 0.2) is 5.82 Å². The SMILES string of the molecule is c1ccc(-c2ccccc2-c2ccc(-c3ncncn3)cc2)nc1. The molecule has 2 aromatic heterocycles. The summed E-state index contributed by atoms with van der Waals surface area (Å²) in [6.07, 6.45) is 4.83. The molecule has 0 N–H and O–H groups in total. The van der Waals surface area contributed by atoms with Crippen molar-refractivity contribution in [1.82, 2.24) is 19.9 Å². The number of benzene rings is 2. The fraction of sp³-hybridized carbons (Fsp3) is 0. The summed E-state index contributed by atoms with van der Waals surface area (Å²) in [7, 11) is 0. The lowest BCUT2D eigenvalue weighted by Crippen LogP contribution is -1.90. The number of nitrogens with zero attached hydrogens (tertiary/aromatic N) is 4. The lowest BCUT2D eigenvalue weighted by molar-refractivity contribution is 1.06. The average Bonchev–Trinajstić information content (AvgIpc) is 2.69. The second kappa shape index (κ2) is 6.38. The largest absolute Gasteiger partial charge is 0.256 e. The number of pyridine rings is 1. The fourth-order valence-corrected chi connectivity index (χ4v) is 2.67. The molecule has 0 aliphatic heterocycles. The molecule has 0 amide bonds. The zero-order chi connectivity index (χ0) is 16.2. The van der Waals surface area contributed by atoms with Crippen molar-refractivity contribution in [1.29, 1.82) is 0 Å². The van der Waals surface area contributed by atoms with Crippen LogP contribution < -0.4 is 0 Å². The van der Waals surface area contributed by atoms with Crippen LogP contribution in [-0.2, 0) is 0 Å². The van der Waals surface area contributed by atoms with Gasteiger partial charge in [0.1, 0.15) is 12.7 Å². The van der Waals surface area contributed by atoms with E-state index in [0.29, 0.717) is 5.82 Å². The maximum absolute atomic E-state index is 4.47. The van der Waals surface area contributed by atoms with Crippen molar-refractivity contribution in [3.63, 3.8) is 0 Å². The van der Waals surface area contributed by atoms with E-state index in [1.165, 1.54) is 12.7 Å². The van der Waals surface area contributed by atoms with Crippen molar-refractivity contribution < 1.29 is 0 Å². The first kappa shape index (κ1) is 14.2. The van der Waals surface area contributed by atoms with Gasteiger partial charge in [0.2, 0.25) is 0 Å². The molecule has 0 spiro atoms. The Kier molecular flexibility index (Phi) is 3.78. The minimum Gasteiger partial charge on any atom is -0.256 e. The molecule has 0 aliphatic carbocycles. The van der Waals surface area contributed by atoms with Crippen LogP contribution in [0.5, 0.6) is 0 Å². The van der Waals surface area contributed by atoms with E-state index >= 15 is 0 Å². The maximum Gasteiger partial charge on any atom is 0.162 e. The Bertz CT molecular complexity index is 936. The Morgan fingerprint density at radius 1 is 0.542 bits per heavy atom. The molecule has 24 heavy (non-hydrogen) atoms. The van der Waals surface area contributed by atoms with Gasteiger partial charge < -0.3 is 0 Å². The monoisotopic (exact) mass is 310 g/mol. The molecule has 0 unspecified atom stereocenters. The van der Waals surface area contributed by atoms with E-state index in [4.69, 9.17) is 0 Å². The van der Waals surface area contributed by atoms with Crippen LogP contribution in [0, 0.1) is 0 Å². The summed E-state index contributed by atoms with van der Waals surface area (Å²) in [5.41, 5.74) is 5.34. The smallest absolute Gasteiger partial charge is 0.162 e. The second-order valence-corrected chi connectivity index (χ2v) is 5.30. The summed E-state index contributed by atoms with van der Waals surface area (Å²) < 4.78 is 0. The van der Waals surface area contributed by atoms with Gasteiger partial charge in [0.25, 0.3) is 0 Å². The minimum absolute atomic E-state index is 0.676. The Balaban J connectivity index is 1.75. The number of rotatable bonds is 3. The van der Waals surface area contributed by atoms with Crippen LogP contribution in [0.1, 0.15) is 0 Å². The van der Waals surface area contributed by atoms with Crippen LogP contribution >= 0.6 is 0 Å². The number of hydrogen-bond donors (Lipinski definition) is 0. The Labute approximate surface area is 139 Å². The summed E-state index contributed by atoms with van der Waals surface area (Å²) in [5.74, 6) is 0.676. The average molecular weight is 310 g/mol. The topological polar surface area (TPSA) is 51.6 Å². The first-order valence-electron chi connectivity index (χ1n) is 7.65. The summed E-state index contributed by atoms with van der Waals surface area (Å²) in [4.78, 5) is 16.7. The van der Waals surface area contributed by atoms with Crippen LogP contribution in [0.15, 0.2) is 85.6 Å². The van der Waals surface area contributed by atoms with Crippen LogP contribution in [0.3, 0.4) is 0 Å². The summed E-state index contributed by atoms with van der Waals surface area (Å²) in [5, 5.41) is 0. The zero-order valence-corrected chi connectivity index (χ0v) is 12.9. The Hall–Kier alpha value is -3.40. The van der Waals surface area contributed by atoms with Gasteiger partial charge in [-0.3, -0.25) is 4.98 Å². The van der Waals surface area contributed by atoms with Gasteiger partial charge >= 0.3 is 0 Å². The van der Waals surface area contributed by atoms with Crippen LogP contribution in [0.2, 0.25) is 0 Å². The summed E-state index contributed by atoms with van der Waals surface area (Å²) in [6, 6.07) is 22.5. The Morgan fingerprint density at radius 3 is 1.92 bits per heavy atom. The normalized spacial score (nSPS) is 10.5. The fourth-order valence-electron chi connectivity index (χ4n) is 2.67. The van der Waals surface area contributed by atoms with Crippen molar-refractivity contribution >= 4 is 0 Å². The Morgan fingerprint density at radius 2 is 1.21 bits per heavy atom. The van der Waals surface area contributed by atoms with E-state index in [1.54, 1.807) is 0 Å². The number of aromatic nitrogens is 4. The first-order valence-corrected chi connectivity index (χ1v) is 7.65. The molecule has 0 aliphatic rings. The van der Waals surface area contributed by atoms with Crippen molar-refractivity contribution in [2.24, 2.45) is 0 Å². The molecular weight excluding hydrogens is 296 g/mol. The van der Waals surface area contributed by atoms with Crippen molar-refractivity contribution in [3.05, 3.63) is 85.6 Å². The molecule has 2 aromatic carbocycles. The highest BCUT2D eigenvalue weighted by Crippen LogP contribution is 2.31. The molecule has 0 radical (unpaired) electrons. The first-order chi connectivity index (χ1) is 11.9. The molecule has 0 fully saturated rings. The molecule has 4 heteroatoms. The van der Waals surface area contributed by atoms with E-state index in [9.17, 15) is 0 Å². The molecule has 0 bridgehead atoms. The van der Waals surface area contributed by atoms with Crippen LogP contribution in [0.25, 0.3) is 33.8 Å². The van der Waals surface area contributed by atoms with Gasteiger partial charge in [0, 0.05) is 17.3 Å². The van der Waals surface area contributed by atoms with Gasteiger partial charge in [-0.2, -0.15) is 0 Å². The highest BCUT2D eigenvalue weighted by Gasteiger charge is 2.08. The van der Waals surface area contributed by atoms with E-state index in [-0.39, 0.29) is 0 Å². The lowest BCUT2D eigenvalue weighted by atomic mass is 9.96. The van der Waals surface area contributed by atoms with Gasteiger partial charge in [-0.05, 0) is 23.3 Å². The molecule has 0 atom stereocenters. The van der Waals surface area contributed by atoms with Gasteiger partial charge in [0.05, 0.1) is 5.69 Å². The molecule has 2 heterocycles. The molecule has 4 nitrogen and oxygen atoms in total. The molecule has 4 aromatic rings. The summed E-state index contributed by atoms with van der Waals surface area (Å²) >= 11 is 0.